The van der Waals surface area contributed by atoms with Gasteiger partial charge in [-0.2, -0.15) is 0 Å². The van der Waals surface area contributed by atoms with Gasteiger partial charge in [-0.1, -0.05) is 12.1 Å². The van der Waals surface area contributed by atoms with E-state index in [1.807, 2.05) is 18.3 Å². The van der Waals surface area contributed by atoms with Gasteiger partial charge in [-0.3, -0.25) is 4.98 Å². The highest BCUT2D eigenvalue weighted by molar-refractivity contribution is 7.80. The van der Waals surface area contributed by atoms with Crippen LogP contribution in [0.1, 0.15) is 34.6 Å². The van der Waals surface area contributed by atoms with Gasteiger partial charge in [0.15, 0.2) is 5.11 Å². The van der Waals surface area contributed by atoms with Gasteiger partial charge in [-0.25, -0.2) is 0 Å². The van der Waals surface area contributed by atoms with Crippen LogP contribution in [0.25, 0.3) is 0 Å². The molecule has 0 unspecified atom stereocenters. The summed E-state index contributed by atoms with van der Waals surface area (Å²) in [6.07, 6.45) is 3.93. The fourth-order valence-electron chi connectivity index (χ4n) is 3.90. The summed E-state index contributed by atoms with van der Waals surface area (Å²) in [4.78, 5) is 6.85. The summed E-state index contributed by atoms with van der Waals surface area (Å²) in [5.74, 6) is 0. The first-order valence-electron chi connectivity index (χ1n) is 9.82. The molecule has 5 nitrogen and oxygen atoms in total. The van der Waals surface area contributed by atoms with Crippen molar-refractivity contribution in [2.75, 3.05) is 18.6 Å². The number of pyridine rings is 1. The number of nitrogens with zero attached hydrogens (tertiary/aromatic N) is 3. The van der Waals surface area contributed by atoms with E-state index in [9.17, 15) is 0 Å². The highest BCUT2D eigenvalue weighted by Crippen LogP contribution is 2.41. The second-order valence-corrected chi connectivity index (χ2v) is 7.77. The lowest BCUT2D eigenvalue weighted by atomic mass is 10.00. The number of hydrogen-bond donors (Lipinski definition) is 1. The molecule has 4 rings (SSSR count). The Hall–Kier alpha value is -2.70. The molecule has 2 atom stereocenters. The summed E-state index contributed by atoms with van der Waals surface area (Å²) in [6.45, 7) is 5.71. The predicted molar refractivity (Wildman–Crippen MR) is 120 cm³/mol. The van der Waals surface area contributed by atoms with E-state index in [-0.39, 0.29) is 12.1 Å². The molecule has 150 valence electrons. The molecule has 1 aliphatic rings. The number of methoxy groups -OCH3 is 1. The van der Waals surface area contributed by atoms with Crippen molar-refractivity contribution in [1.29, 1.82) is 0 Å². The lowest BCUT2D eigenvalue weighted by Gasteiger charge is -2.29. The van der Waals surface area contributed by atoms with E-state index in [4.69, 9.17) is 17.0 Å². The Morgan fingerprint density at radius 3 is 2.69 bits per heavy atom. The van der Waals surface area contributed by atoms with Crippen LogP contribution in [0.5, 0.6) is 0 Å². The molecule has 0 amide bonds. The molecular weight excluding hydrogens is 380 g/mol. The van der Waals surface area contributed by atoms with E-state index in [0.29, 0.717) is 11.7 Å². The van der Waals surface area contributed by atoms with Gasteiger partial charge in [-0.15, -0.1) is 0 Å². The van der Waals surface area contributed by atoms with Crippen molar-refractivity contribution in [2.45, 2.75) is 32.5 Å². The molecule has 1 fully saturated rings. The third kappa shape index (κ3) is 3.78. The maximum atomic E-state index is 5.81. The Kier molecular flexibility index (Phi) is 5.65. The quantitative estimate of drug-likeness (QED) is 0.618. The molecule has 1 aromatic carbocycles. The monoisotopic (exact) mass is 406 g/mol. The van der Waals surface area contributed by atoms with Gasteiger partial charge in [0.25, 0.3) is 0 Å². The second-order valence-electron chi connectivity index (χ2n) is 7.38. The van der Waals surface area contributed by atoms with Crippen LogP contribution in [0, 0.1) is 13.8 Å². The van der Waals surface area contributed by atoms with Crippen molar-refractivity contribution in [3.8, 4) is 0 Å². The molecular formula is C23H26N4OS. The molecule has 1 aliphatic heterocycles. The molecule has 3 aromatic rings. The standard InChI is InChI=1S/C23H26N4OS/c1-16-9-10-18(15-17(16)2)27-22(20-8-6-12-26(20)13-14-28-3)21(25-23(27)29)19-7-4-5-11-24-19/h4-12,15,21-22H,13-14H2,1-3H3,(H,25,29)/t21-,22-/m0/s1. The lowest BCUT2D eigenvalue weighted by Crippen LogP contribution is -2.30. The maximum Gasteiger partial charge on any atom is 0.174 e. The van der Waals surface area contributed by atoms with E-state index >= 15 is 0 Å². The third-order valence-corrected chi connectivity index (χ3v) is 5.89. The first kappa shape index (κ1) is 19.6. The first-order chi connectivity index (χ1) is 14.1. The van der Waals surface area contributed by atoms with E-state index in [1.165, 1.54) is 16.8 Å². The van der Waals surface area contributed by atoms with Gasteiger partial charge in [0.2, 0.25) is 0 Å². The summed E-state index contributed by atoms with van der Waals surface area (Å²) >= 11 is 5.81. The van der Waals surface area contributed by atoms with Gasteiger partial charge >= 0.3 is 0 Å². The molecule has 6 heteroatoms. The minimum Gasteiger partial charge on any atom is -0.383 e. The molecule has 0 aliphatic carbocycles. The van der Waals surface area contributed by atoms with Crippen molar-refractivity contribution in [3.05, 3.63) is 83.4 Å². The Labute approximate surface area is 177 Å². The van der Waals surface area contributed by atoms with Crippen molar-refractivity contribution in [1.82, 2.24) is 14.9 Å². The number of aromatic nitrogens is 2. The van der Waals surface area contributed by atoms with Crippen LogP contribution < -0.4 is 10.2 Å². The minimum absolute atomic E-state index is 0.00800. The largest absolute Gasteiger partial charge is 0.383 e. The van der Waals surface area contributed by atoms with Crippen molar-refractivity contribution in [2.24, 2.45) is 0 Å². The number of rotatable bonds is 6. The number of thiocarbonyl (C=S) groups is 1. The molecule has 29 heavy (non-hydrogen) atoms. The van der Waals surface area contributed by atoms with Crippen LogP contribution in [0.15, 0.2) is 60.9 Å². The number of aryl methyl sites for hydroxylation is 2. The summed E-state index contributed by atoms with van der Waals surface area (Å²) in [7, 11) is 1.73. The maximum absolute atomic E-state index is 5.81. The van der Waals surface area contributed by atoms with Gasteiger partial charge in [0.05, 0.1) is 18.3 Å². The normalized spacial score (nSPS) is 18.9. The fraction of sp³-hybridized carbons (Fsp3) is 0.304. The molecule has 0 radical (unpaired) electrons. The minimum atomic E-state index is -0.0403. The molecule has 1 saturated heterocycles. The van der Waals surface area contributed by atoms with Crippen molar-refractivity contribution < 1.29 is 4.74 Å². The van der Waals surface area contributed by atoms with Crippen molar-refractivity contribution >= 4 is 23.0 Å². The number of nitrogens with one attached hydrogen (secondary N) is 1. The fourth-order valence-corrected chi connectivity index (χ4v) is 4.24. The molecule has 3 heterocycles. The van der Waals surface area contributed by atoms with Gasteiger partial charge in [0.1, 0.15) is 6.04 Å². The molecule has 0 saturated carbocycles. The zero-order valence-corrected chi connectivity index (χ0v) is 17.8. The highest BCUT2D eigenvalue weighted by Gasteiger charge is 2.42. The van der Waals surface area contributed by atoms with E-state index < -0.39 is 0 Å². The molecule has 2 aromatic heterocycles. The van der Waals surface area contributed by atoms with Gasteiger partial charge in [0, 0.05) is 37.4 Å². The van der Waals surface area contributed by atoms with Crippen molar-refractivity contribution in [3.63, 3.8) is 0 Å². The molecule has 0 spiro atoms. The van der Waals surface area contributed by atoms with Crippen LogP contribution in [-0.4, -0.2) is 28.4 Å². The summed E-state index contributed by atoms with van der Waals surface area (Å²) in [5.41, 5.74) is 5.77. The molecule has 1 N–H and O–H groups in total. The Balaban J connectivity index is 1.82. The number of ether oxygens (including phenoxy) is 1. The van der Waals surface area contributed by atoms with E-state index in [2.05, 4.69) is 76.2 Å². The van der Waals surface area contributed by atoms with Crippen LogP contribution in [0.2, 0.25) is 0 Å². The zero-order chi connectivity index (χ0) is 20.4. The van der Waals surface area contributed by atoms with E-state index in [1.54, 1.807) is 7.11 Å². The predicted octanol–water partition coefficient (Wildman–Crippen LogP) is 4.32. The van der Waals surface area contributed by atoms with Gasteiger partial charge in [-0.05, 0) is 73.6 Å². The van der Waals surface area contributed by atoms with Crippen LogP contribution in [0.4, 0.5) is 5.69 Å². The highest BCUT2D eigenvalue weighted by atomic mass is 32.1. The number of hydrogen-bond acceptors (Lipinski definition) is 3. The number of anilines is 1. The third-order valence-electron chi connectivity index (χ3n) is 5.57. The first-order valence-corrected chi connectivity index (χ1v) is 10.2. The summed E-state index contributed by atoms with van der Waals surface area (Å²) in [6, 6.07) is 16.7. The van der Waals surface area contributed by atoms with Crippen LogP contribution in [-0.2, 0) is 11.3 Å². The van der Waals surface area contributed by atoms with Crippen LogP contribution >= 0.6 is 12.2 Å². The Morgan fingerprint density at radius 1 is 1.10 bits per heavy atom. The molecule has 0 bridgehead atoms. The second kappa shape index (κ2) is 8.35. The summed E-state index contributed by atoms with van der Waals surface area (Å²) < 4.78 is 7.56. The van der Waals surface area contributed by atoms with Gasteiger partial charge < -0.3 is 19.5 Å². The average Bonchev–Trinajstić information content (AvgIpc) is 3.33. The Morgan fingerprint density at radius 2 is 1.97 bits per heavy atom. The Bertz CT molecular complexity index is 1000. The summed E-state index contributed by atoms with van der Waals surface area (Å²) in [5, 5.41) is 4.24. The number of benzene rings is 1. The van der Waals surface area contributed by atoms with Crippen LogP contribution in [0.3, 0.4) is 0 Å². The average molecular weight is 407 g/mol. The smallest absolute Gasteiger partial charge is 0.174 e. The lowest BCUT2D eigenvalue weighted by molar-refractivity contribution is 0.186. The SMILES string of the molecule is COCCn1cccc1[C@H]1[C@H](c2ccccn2)NC(=S)N1c1ccc(C)c(C)c1. The topological polar surface area (TPSA) is 42.3 Å². The van der Waals surface area contributed by atoms with E-state index in [0.717, 1.165) is 17.9 Å². The zero-order valence-electron chi connectivity index (χ0n) is 17.0.